The molecule has 0 amide bonds. The molecule has 2 rings (SSSR count). The van der Waals surface area contributed by atoms with Gasteiger partial charge in [-0.25, -0.2) is 0 Å². The lowest BCUT2D eigenvalue weighted by atomic mass is 10.1. The lowest BCUT2D eigenvalue weighted by Crippen LogP contribution is -2.05. The number of nitro groups is 1. The van der Waals surface area contributed by atoms with Crippen molar-refractivity contribution < 1.29 is 4.92 Å². The van der Waals surface area contributed by atoms with Crippen LogP contribution in [0.15, 0.2) is 34.8 Å². The molecule has 0 spiro atoms. The first kappa shape index (κ1) is 15.8. The summed E-state index contributed by atoms with van der Waals surface area (Å²) in [4.78, 5) is 10.7. The second kappa shape index (κ2) is 6.45. The van der Waals surface area contributed by atoms with Gasteiger partial charge in [0.25, 0.3) is 5.69 Å². The van der Waals surface area contributed by atoms with Crippen molar-refractivity contribution in [2.24, 2.45) is 0 Å². The fraction of sp³-hybridized carbons (Fsp3) is 0.200. The summed E-state index contributed by atoms with van der Waals surface area (Å²) in [6.07, 6.45) is 0. The Kier molecular flexibility index (Phi) is 4.85. The highest BCUT2D eigenvalue weighted by Crippen LogP contribution is 2.30. The molecule has 0 aliphatic rings. The summed E-state index contributed by atoms with van der Waals surface area (Å²) in [6, 6.07) is 8.76. The van der Waals surface area contributed by atoms with Crippen molar-refractivity contribution in [3.63, 3.8) is 0 Å². The van der Waals surface area contributed by atoms with Crippen LogP contribution in [0.5, 0.6) is 0 Å². The van der Waals surface area contributed by atoms with Crippen LogP contribution in [0.25, 0.3) is 0 Å². The number of hydrogen-bond donors (Lipinski definition) is 1. The van der Waals surface area contributed by atoms with E-state index in [1.54, 1.807) is 12.1 Å². The summed E-state index contributed by atoms with van der Waals surface area (Å²) < 4.78 is 0.941. The molecule has 0 aromatic heterocycles. The zero-order chi connectivity index (χ0) is 15.6. The molecule has 1 N–H and O–H groups in total. The van der Waals surface area contributed by atoms with Gasteiger partial charge in [0.15, 0.2) is 0 Å². The van der Waals surface area contributed by atoms with Crippen molar-refractivity contribution in [3.8, 4) is 0 Å². The Morgan fingerprint density at radius 1 is 1.29 bits per heavy atom. The lowest BCUT2D eigenvalue weighted by Gasteiger charge is -2.13. The molecule has 0 bridgehead atoms. The highest BCUT2D eigenvalue weighted by Gasteiger charge is 2.14. The summed E-state index contributed by atoms with van der Waals surface area (Å²) in [5.74, 6) is 0. The van der Waals surface area contributed by atoms with E-state index in [9.17, 15) is 10.1 Å². The Labute approximate surface area is 136 Å². The van der Waals surface area contributed by atoms with Crippen molar-refractivity contribution in [1.29, 1.82) is 0 Å². The minimum Gasteiger partial charge on any atom is -0.380 e. The van der Waals surface area contributed by atoms with Gasteiger partial charge in [-0.05, 0) is 59.1 Å². The van der Waals surface area contributed by atoms with E-state index in [-0.39, 0.29) is 5.69 Å². The van der Waals surface area contributed by atoms with Crippen LogP contribution >= 0.6 is 27.5 Å². The largest absolute Gasteiger partial charge is 0.380 e. The van der Waals surface area contributed by atoms with Gasteiger partial charge in [-0.15, -0.1) is 0 Å². The average Bonchev–Trinajstić information content (AvgIpc) is 2.38. The van der Waals surface area contributed by atoms with Gasteiger partial charge >= 0.3 is 0 Å². The molecule has 0 saturated carbocycles. The topological polar surface area (TPSA) is 55.2 Å². The molecule has 0 aliphatic heterocycles. The Hall–Kier alpha value is -1.59. The number of anilines is 1. The second-order valence-corrected chi connectivity index (χ2v) is 6.11. The molecule has 0 unspecified atom stereocenters. The van der Waals surface area contributed by atoms with Crippen molar-refractivity contribution in [1.82, 2.24) is 0 Å². The molecule has 4 nitrogen and oxygen atoms in total. The summed E-state index contributed by atoms with van der Waals surface area (Å²) >= 11 is 9.33. The summed E-state index contributed by atoms with van der Waals surface area (Å²) in [5.41, 5.74) is 3.79. The fourth-order valence-electron chi connectivity index (χ4n) is 2.18. The highest BCUT2D eigenvalue weighted by molar-refractivity contribution is 9.10. The first-order valence-corrected chi connectivity index (χ1v) is 7.49. The number of rotatable bonds is 4. The quantitative estimate of drug-likeness (QED) is 0.592. The van der Waals surface area contributed by atoms with Gasteiger partial charge in [0.05, 0.1) is 10.6 Å². The van der Waals surface area contributed by atoms with Gasteiger partial charge < -0.3 is 5.32 Å². The van der Waals surface area contributed by atoms with Crippen molar-refractivity contribution in [3.05, 3.63) is 66.6 Å². The number of hydrogen-bond acceptors (Lipinski definition) is 3. The maximum absolute atomic E-state index is 11.1. The number of nitrogens with zero attached hydrogens (tertiary/aromatic N) is 1. The first-order valence-electron chi connectivity index (χ1n) is 6.32. The number of aryl methyl sites for hydroxylation is 2. The van der Waals surface area contributed by atoms with Crippen LogP contribution in [0.4, 0.5) is 11.4 Å². The maximum atomic E-state index is 11.1. The summed E-state index contributed by atoms with van der Waals surface area (Å²) in [5, 5.41) is 14.7. The van der Waals surface area contributed by atoms with Crippen LogP contribution in [0.3, 0.4) is 0 Å². The monoisotopic (exact) mass is 368 g/mol. The SMILES string of the molecule is Cc1cc(C)c(NCc2ccc(Cl)cc2[N+](=O)[O-])c(Br)c1. The predicted molar refractivity (Wildman–Crippen MR) is 89.0 cm³/mol. The molecular weight excluding hydrogens is 356 g/mol. The van der Waals surface area contributed by atoms with Crippen molar-refractivity contribution in [2.45, 2.75) is 20.4 Å². The van der Waals surface area contributed by atoms with Crippen LogP contribution < -0.4 is 5.32 Å². The molecule has 110 valence electrons. The van der Waals surface area contributed by atoms with Gasteiger partial charge in [-0.3, -0.25) is 10.1 Å². The maximum Gasteiger partial charge on any atom is 0.275 e. The predicted octanol–water partition coefficient (Wildman–Crippen LogP) is 5.24. The van der Waals surface area contributed by atoms with E-state index >= 15 is 0 Å². The van der Waals surface area contributed by atoms with Crippen molar-refractivity contribution in [2.75, 3.05) is 5.32 Å². The molecule has 0 radical (unpaired) electrons. The van der Waals surface area contributed by atoms with E-state index in [0.29, 0.717) is 17.1 Å². The third-order valence-electron chi connectivity index (χ3n) is 3.13. The Morgan fingerprint density at radius 3 is 2.62 bits per heavy atom. The zero-order valence-corrected chi connectivity index (χ0v) is 14.0. The van der Waals surface area contributed by atoms with Gasteiger partial charge in [-0.1, -0.05) is 17.7 Å². The molecule has 0 fully saturated rings. The van der Waals surface area contributed by atoms with Gasteiger partial charge in [0.2, 0.25) is 0 Å². The molecule has 2 aromatic carbocycles. The van der Waals surface area contributed by atoms with E-state index in [2.05, 4.69) is 27.3 Å². The Bertz CT molecular complexity index is 681. The van der Waals surface area contributed by atoms with Gasteiger partial charge in [-0.2, -0.15) is 0 Å². The van der Waals surface area contributed by atoms with E-state index in [0.717, 1.165) is 21.3 Å². The lowest BCUT2D eigenvalue weighted by molar-refractivity contribution is -0.385. The molecular formula is C15H14BrClN2O2. The molecule has 0 aliphatic carbocycles. The van der Waals surface area contributed by atoms with Crippen molar-refractivity contribution >= 4 is 38.9 Å². The third-order valence-corrected chi connectivity index (χ3v) is 3.99. The first-order chi connectivity index (χ1) is 9.88. The molecule has 0 atom stereocenters. The van der Waals surface area contributed by atoms with Crippen LogP contribution in [-0.4, -0.2) is 4.92 Å². The summed E-state index contributed by atoms with van der Waals surface area (Å²) in [6.45, 7) is 4.37. The smallest absolute Gasteiger partial charge is 0.275 e. The zero-order valence-electron chi connectivity index (χ0n) is 11.6. The normalized spacial score (nSPS) is 10.5. The van der Waals surface area contributed by atoms with Gasteiger partial charge in [0, 0.05) is 27.7 Å². The van der Waals surface area contributed by atoms with E-state index in [4.69, 9.17) is 11.6 Å². The van der Waals surface area contributed by atoms with Gasteiger partial charge in [0.1, 0.15) is 0 Å². The average molecular weight is 370 g/mol. The number of halogens is 2. The molecule has 0 saturated heterocycles. The Balaban J connectivity index is 2.27. The van der Waals surface area contributed by atoms with Crippen LogP contribution in [0.2, 0.25) is 5.02 Å². The third kappa shape index (κ3) is 3.74. The van der Waals surface area contributed by atoms with E-state index in [1.165, 1.54) is 6.07 Å². The number of nitro benzene ring substituents is 1. The summed E-state index contributed by atoms with van der Waals surface area (Å²) in [7, 11) is 0. The molecule has 6 heteroatoms. The van der Waals surface area contributed by atoms with E-state index in [1.807, 2.05) is 19.9 Å². The second-order valence-electron chi connectivity index (χ2n) is 4.82. The molecule has 0 heterocycles. The molecule has 2 aromatic rings. The fourth-order valence-corrected chi connectivity index (χ4v) is 3.16. The minimum atomic E-state index is -0.417. The van der Waals surface area contributed by atoms with Crippen LogP contribution in [-0.2, 0) is 6.54 Å². The minimum absolute atomic E-state index is 0.0240. The molecule has 21 heavy (non-hydrogen) atoms. The highest BCUT2D eigenvalue weighted by atomic mass is 79.9. The number of benzene rings is 2. The van der Waals surface area contributed by atoms with E-state index < -0.39 is 4.92 Å². The van der Waals surface area contributed by atoms with Crippen LogP contribution in [0.1, 0.15) is 16.7 Å². The van der Waals surface area contributed by atoms with Crippen LogP contribution in [0, 0.1) is 24.0 Å². The Morgan fingerprint density at radius 2 is 2.00 bits per heavy atom. The standard InChI is InChI=1S/C15H14BrClN2O2/c1-9-5-10(2)15(13(16)6-9)18-8-11-3-4-12(17)7-14(11)19(20)21/h3-7,18H,8H2,1-2H3. The number of nitrogens with one attached hydrogen (secondary N) is 1.